The Morgan fingerprint density at radius 1 is 1.31 bits per heavy atom. The van der Waals surface area contributed by atoms with Crippen molar-refractivity contribution in [2.75, 3.05) is 31.6 Å². The van der Waals surface area contributed by atoms with Crippen LogP contribution in [0.4, 0.5) is 5.69 Å². The number of hydrogen-bond donors (Lipinski definition) is 0. The van der Waals surface area contributed by atoms with Crippen LogP contribution in [-0.4, -0.2) is 55.3 Å². The number of carbonyl (C=O) groups is 1. The zero-order valence-corrected chi connectivity index (χ0v) is 15.4. The summed E-state index contributed by atoms with van der Waals surface area (Å²) in [5, 5.41) is 0. The fourth-order valence-corrected chi connectivity index (χ4v) is 8.64. The highest BCUT2D eigenvalue weighted by molar-refractivity contribution is 5.99. The molecule has 1 unspecified atom stereocenters. The first kappa shape index (κ1) is 14.6. The molecule has 1 amide bonds. The molecular formula is C22H27N2O2+. The van der Waals surface area contributed by atoms with Crippen LogP contribution in [0.3, 0.4) is 0 Å². The number of quaternary nitrogens is 1. The number of hydrogen-bond acceptors (Lipinski definition) is 2. The maximum Gasteiger partial charge on any atom is 0.229 e. The summed E-state index contributed by atoms with van der Waals surface area (Å²) in [5.74, 6) is 2.37. The molecule has 1 spiro atoms. The molecule has 4 nitrogen and oxygen atoms in total. The minimum absolute atomic E-state index is 0.156. The van der Waals surface area contributed by atoms with Crippen LogP contribution in [0, 0.1) is 17.8 Å². The lowest BCUT2D eigenvalue weighted by atomic mass is 9.52. The number of amides is 1. The highest BCUT2D eigenvalue weighted by atomic mass is 16.5. The van der Waals surface area contributed by atoms with Crippen LogP contribution in [0.2, 0.25) is 0 Å². The third-order valence-electron chi connectivity index (χ3n) is 9.36. The van der Waals surface area contributed by atoms with Gasteiger partial charge in [0.25, 0.3) is 0 Å². The van der Waals surface area contributed by atoms with Gasteiger partial charge in [-0.05, 0) is 24.0 Å². The molecule has 6 aliphatic rings. The summed E-state index contributed by atoms with van der Waals surface area (Å²) in [6.07, 6.45) is 4.52. The molecule has 5 fully saturated rings. The Hall–Kier alpha value is -1.39. The molecule has 5 aliphatic heterocycles. The van der Waals surface area contributed by atoms with Gasteiger partial charge in [0.2, 0.25) is 5.91 Å². The normalized spacial score (nSPS) is 52.7. The van der Waals surface area contributed by atoms with Crippen LogP contribution in [0.5, 0.6) is 0 Å². The summed E-state index contributed by atoms with van der Waals surface area (Å²) < 4.78 is 7.60. The second-order valence-corrected chi connectivity index (χ2v) is 10.1. The quantitative estimate of drug-likeness (QED) is 0.672. The fourth-order valence-electron chi connectivity index (χ4n) is 8.64. The summed E-state index contributed by atoms with van der Waals surface area (Å²) >= 11 is 0. The van der Waals surface area contributed by atoms with E-state index in [1.165, 1.54) is 48.1 Å². The van der Waals surface area contributed by atoms with Crippen LogP contribution >= 0.6 is 0 Å². The van der Waals surface area contributed by atoms with Gasteiger partial charge in [0.05, 0.1) is 44.1 Å². The van der Waals surface area contributed by atoms with Crippen LogP contribution in [-0.2, 0) is 14.9 Å². The lowest BCUT2D eigenvalue weighted by molar-refractivity contribution is -0.934. The maximum absolute atomic E-state index is 13.3. The highest BCUT2D eigenvalue weighted by Crippen LogP contribution is 2.67. The molecule has 136 valence electrons. The highest BCUT2D eigenvalue weighted by Gasteiger charge is 2.75. The zero-order valence-electron chi connectivity index (χ0n) is 15.4. The molecule has 8 atom stereocenters. The lowest BCUT2D eigenvalue weighted by Gasteiger charge is -2.60. The number of para-hydroxylation sites is 1. The molecule has 4 saturated heterocycles. The van der Waals surface area contributed by atoms with E-state index >= 15 is 0 Å². The Morgan fingerprint density at radius 3 is 3.12 bits per heavy atom. The van der Waals surface area contributed by atoms with Crippen LogP contribution < -0.4 is 4.90 Å². The minimum atomic E-state index is 0.156. The first-order valence-electron chi connectivity index (χ1n) is 10.5. The van der Waals surface area contributed by atoms with Crippen LogP contribution in [0.25, 0.3) is 0 Å². The molecule has 7 rings (SSSR count). The van der Waals surface area contributed by atoms with Crippen molar-refractivity contribution in [1.82, 2.24) is 0 Å². The number of rotatable bonds is 0. The van der Waals surface area contributed by atoms with Crippen molar-refractivity contribution < 1.29 is 14.0 Å². The van der Waals surface area contributed by atoms with Gasteiger partial charge in [0.15, 0.2) is 0 Å². The minimum Gasteiger partial charge on any atom is -0.377 e. The molecular weight excluding hydrogens is 324 g/mol. The van der Waals surface area contributed by atoms with Gasteiger partial charge in [0, 0.05) is 37.0 Å². The topological polar surface area (TPSA) is 29.5 Å². The van der Waals surface area contributed by atoms with Crippen molar-refractivity contribution in [3.05, 3.63) is 29.8 Å². The Labute approximate surface area is 154 Å². The molecule has 1 saturated carbocycles. The predicted molar refractivity (Wildman–Crippen MR) is 97.8 cm³/mol. The number of likely N-dealkylation sites (N-methyl/N-ethyl adjacent to an activating group) is 1. The molecule has 1 aliphatic carbocycles. The number of ether oxygens (including phenoxy) is 1. The maximum atomic E-state index is 13.3. The average molecular weight is 351 g/mol. The molecule has 1 aromatic carbocycles. The lowest BCUT2D eigenvalue weighted by Crippen LogP contribution is -2.73. The Morgan fingerprint density at radius 2 is 2.19 bits per heavy atom. The van der Waals surface area contributed by atoms with E-state index in [9.17, 15) is 4.79 Å². The van der Waals surface area contributed by atoms with Crippen molar-refractivity contribution in [3.8, 4) is 0 Å². The van der Waals surface area contributed by atoms with Crippen molar-refractivity contribution in [2.45, 2.75) is 49.3 Å². The Bertz CT molecular complexity index is 839. The predicted octanol–water partition coefficient (Wildman–Crippen LogP) is 2.32. The van der Waals surface area contributed by atoms with Crippen LogP contribution in [0.1, 0.15) is 31.2 Å². The van der Waals surface area contributed by atoms with Gasteiger partial charge in [-0.2, -0.15) is 0 Å². The Kier molecular flexibility index (Phi) is 2.46. The summed E-state index contributed by atoms with van der Waals surface area (Å²) in [4.78, 5) is 15.5. The summed E-state index contributed by atoms with van der Waals surface area (Å²) in [6.45, 7) is 3.46. The second-order valence-electron chi connectivity index (χ2n) is 10.1. The number of nitrogens with zero attached hydrogens (tertiary/aromatic N) is 2. The SMILES string of the molecule is C[N@+]12CC[C@@]34c5ccccc5N5C(=O)C[C@@H]6OCCC(C1)[C@H](C[C@@H]32)[C@@H]6[C@H]54. The Balaban J connectivity index is 1.55. The van der Waals surface area contributed by atoms with E-state index in [2.05, 4.69) is 36.2 Å². The third-order valence-corrected chi connectivity index (χ3v) is 9.36. The van der Waals surface area contributed by atoms with E-state index in [4.69, 9.17) is 4.74 Å². The van der Waals surface area contributed by atoms with Gasteiger partial charge in [-0.1, -0.05) is 18.2 Å². The number of fused-ring (bicyclic) bond motifs is 2. The first-order valence-corrected chi connectivity index (χ1v) is 10.5. The number of benzene rings is 1. The first-order chi connectivity index (χ1) is 12.6. The molecule has 0 N–H and O–H groups in total. The van der Waals surface area contributed by atoms with Crippen molar-refractivity contribution in [1.29, 1.82) is 0 Å². The van der Waals surface area contributed by atoms with E-state index in [0.29, 0.717) is 30.3 Å². The number of anilines is 1. The molecule has 26 heavy (non-hydrogen) atoms. The van der Waals surface area contributed by atoms with Crippen molar-refractivity contribution in [2.24, 2.45) is 17.8 Å². The monoisotopic (exact) mass is 351 g/mol. The molecule has 2 bridgehead atoms. The van der Waals surface area contributed by atoms with Gasteiger partial charge in [-0.25, -0.2) is 0 Å². The fraction of sp³-hybridized carbons (Fsp3) is 0.682. The summed E-state index contributed by atoms with van der Waals surface area (Å²) in [5.41, 5.74) is 2.87. The van der Waals surface area contributed by atoms with Crippen LogP contribution in [0.15, 0.2) is 24.3 Å². The third kappa shape index (κ3) is 1.38. The van der Waals surface area contributed by atoms with E-state index in [1.54, 1.807) is 0 Å². The number of piperidine rings is 2. The molecule has 1 aromatic rings. The van der Waals surface area contributed by atoms with E-state index in [1.807, 2.05) is 0 Å². The van der Waals surface area contributed by atoms with Crippen molar-refractivity contribution >= 4 is 11.6 Å². The summed E-state index contributed by atoms with van der Waals surface area (Å²) in [6, 6.07) is 9.89. The smallest absolute Gasteiger partial charge is 0.229 e. The number of carbonyl (C=O) groups excluding carboxylic acids is 1. The zero-order chi connectivity index (χ0) is 17.3. The summed E-state index contributed by atoms with van der Waals surface area (Å²) in [7, 11) is 2.51. The average Bonchev–Trinajstić information content (AvgIpc) is 3.05. The van der Waals surface area contributed by atoms with Gasteiger partial charge in [0.1, 0.15) is 6.04 Å². The van der Waals surface area contributed by atoms with Crippen molar-refractivity contribution in [3.63, 3.8) is 0 Å². The molecule has 4 heteroatoms. The van der Waals surface area contributed by atoms with Gasteiger partial charge >= 0.3 is 0 Å². The molecule has 0 aromatic heterocycles. The standard InChI is InChI=1S/C22H27N2O2/c1-24-8-7-22-15-4-2-3-5-16(15)23-19(25)11-17-20(21(22)23)14(10-18(22)24)13(12-24)6-9-26-17/h2-5,13-14,17-18,20-21H,6-12H2,1H3/q+1/t13?,14-,17-,18-,20-,21-,22+,24-/m0/s1. The van der Waals surface area contributed by atoms with E-state index < -0.39 is 0 Å². The second kappa shape index (κ2) is 4.36. The molecule has 5 heterocycles. The van der Waals surface area contributed by atoms with E-state index in [0.717, 1.165) is 18.4 Å². The van der Waals surface area contributed by atoms with Gasteiger partial charge in [-0.15, -0.1) is 0 Å². The van der Waals surface area contributed by atoms with Gasteiger partial charge < -0.3 is 14.1 Å². The van der Waals surface area contributed by atoms with Gasteiger partial charge in [-0.3, -0.25) is 4.79 Å². The molecule has 0 radical (unpaired) electrons. The largest absolute Gasteiger partial charge is 0.377 e. The van der Waals surface area contributed by atoms with E-state index in [-0.39, 0.29) is 11.5 Å².